The summed E-state index contributed by atoms with van der Waals surface area (Å²) in [6.07, 6.45) is 25.9. The minimum Gasteiger partial charge on any atom is -0.481 e. The number of aryl methyl sites for hydroxylation is 3. The fourth-order valence-electron chi connectivity index (χ4n) is 4.82. The van der Waals surface area contributed by atoms with Gasteiger partial charge in [0.15, 0.2) is 0 Å². The van der Waals surface area contributed by atoms with Gasteiger partial charge in [0, 0.05) is 0 Å². The van der Waals surface area contributed by atoms with Gasteiger partial charge in [-0.1, -0.05) is 40.0 Å². The third-order valence-electron chi connectivity index (χ3n) is 6.63. The van der Waals surface area contributed by atoms with Gasteiger partial charge in [-0.15, -0.1) is 0 Å². The quantitative estimate of drug-likeness (QED) is 0.299. The average molecular weight is 486 g/mol. The molecule has 192 valence electrons. The van der Waals surface area contributed by atoms with Crippen LogP contribution in [-0.4, -0.2) is 24.8 Å². The molecule has 0 amide bonds. The zero-order valence-corrected chi connectivity index (χ0v) is 21.9. The molecule has 1 N–H and O–H groups in total. The predicted molar refractivity (Wildman–Crippen MR) is 133 cm³/mol. The molecule has 0 aliphatic heterocycles. The van der Waals surface area contributed by atoms with E-state index >= 15 is 0 Å². The van der Waals surface area contributed by atoms with Crippen molar-refractivity contribution in [2.75, 3.05) is 0 Å². The second-order valence-electron chi connectivity index (χ2n) is 10.1. The predicted octanol–water partition coefficient (Wildman–Crippen LogP) is 3.22. The van der Waals surface area contributed by atoms with Crippen molar-refractivity contribution in [3.8, 4) is 0 Å². The molecule has 3 aromatic rings. The smallest absolute Gasteiger partial charge is 0.304 e. The van der Waals surface area contributed by atoms with Crippen molar-refractivity contribution in [2.24, 2.45) is 5.41 Å². The lowest BCUT2D eigenvalue weighted by Gasteiger charge is -2.27. The van der Waals surface area contributed by atoms with Gasteiger partial charge in [0.2, 0.25) is 19.0 Å². The van der Waals surface area contributed by atoms with E-state index in [1.54, 1.807) is 0 Å². The molecule has 3 aromatic heterocycles. The Bertz CT molecular complexity index is 917. The summed E-state index contributed by atoms with van der Waals surface area (Å²) in [5.41, 5.74) is -0.489. The summed E-state index contributed by atoms with van der Waals surface area (Å²) in [7, 11) is 0. The highest BCUT2D eigenvalue weighted by molar-refractivity contribution is 5.67. The Morgan fingerprint density at radius 1 is 0.686 bits per heavy atom. The molecule has 0 aliphatic carbocycles. The third kappa shape index (κ3) is 8.37. The van der Waals surface area contributed by atoms with Crippen molar-refractivity contribution < 1.29 is 23.6 Å². The number of aromatic nitrogens is 6. The van der Waals surface area contributed by atoms with Crippen LogP contribution in [0.5, 0.6) is 0 Å². The van der Waals surface area contributed by atoms with Gasteiger partial charge in [0.25, 0.3) is 0 Å². The minimum atomic E-state index is -0.756. The highest BCUT2D eigenvalue weighted by atomic mass is 16.4. The fraction of sp³-hybridized carbons (Fsp3) is 0.630. The molecular weight excluding hydrogens is 440 g/mol. The molecule has 3 heterocycles. The van der Waals surface area contributed by atoms with E-state index in [1.807, 2.05) is 0 Å². The lowest BCUT2D eigenvalue weighted by molar-refractivity contribution is -0.783. The van der Waals surface area contributed by atoms with Gasteiger partial charge in [-0.05, 0) is 19.3 Å². The lowest BCUT2D eigenvalue weighted by Crippen LogP contribution is -2.57. The standard InChI is InChI=1S/C27H44N6O2/c1-4-7-10-28-13-16-31(23-28)20-27(19-26(34)35,21-32-17-14-29(24-32)11-8-5-2)22-33-18-15-30(25-33)12-9-6-3/h13-18,23-25H,4-12,19-22H2,1-3H3/q+2/p+1. The number of imidazole rings is 3. The maximum absolute atomic E-state index is 12.2. The second kappa shape index (κ2) is 13.3. The first kappa shape index (κ1) is 26.7. The number of unbranched alkanes of at least 4 members (excludes halogenated alkanes) is 3. The Kier molecular flexibility index (Phi) is 10.1. The van der Waals surface area contributed by atoms with E-state index in [0.717, 1.165) is 58.2 Å². The average Bonchev–Trinajstić information content (AvgIpc) is 3.56. The van der Waals surface area contributed by atoms with Crippen LogP contribution in [-0.2, 0) is 44.1 Å². The number of carboxylic acids is 1. The molecule has 3 rings (SSSR count). The topological polar surface area (TPSA) is 63.7 Å². The van der Waals surface area contributed by atoms with Crippen molar-refractivity contribution in [1.29, 1.82) is 0 Å². The highest BCUT2D eigenvalue weighted by Gasteiger charge is 2.41. The Morgan fingerprint density at radius 2 is 1.03 bits per heavy atom. The molecule has 0 saturated carbocycles. The van der Waals surface area contributed by atoms with Gasteiger partial charge in [-0.2, -0.15) is 0 Å². The van der Waals surface area contributed by atoms with Crippen LogP contribution < -0.4 is 13.7 Å². The van der Waals surface area contributed by atoms with Gasteiger partial charge in [-0.25, -0.2) is 27.4 Å². The summed E-state index contributed by atoms with van der Waals surface area (Å²) in [6, 6.07) is 0. The largest absolute Gasteiger partial charge is 0.481 e. The van der Waals surface area contributed by atoms with E-state index in [1.165, 1.54) is 0 Å². The number of rotatable bonds is 17. The first-order valence-electron chi connectivity index (χ1n) is 13.3. The molecule has 0 aliphatic rings. The summed E-state index contributed by atoms with van der Waals surface area (Å²) in [6.45, 7) is 11.5. The van der Waals surface area contributed by atoms with Gasteiger partial charge in [0.1, 0.15) is 56.8 Å². The molecule has 8 nitrogen and oxygen atoms in total. The maximum atomic E-state index is 12.2. The SMILES string of the molecule is CCCCn1cc[n+](CC(CC(=O)O)(C[n+]2ccn(CCCC)c2)C[n+]2ccn(CCCC)c2)c1. The third-order valence-corrected chi connectivity index (χ3v) is 6.63. The summed E-state index contributed by atoms with van der Waals surface area (Å²) in [5, 5.41) is 10.0. The maximum Gasteiger partial charge on any atom is 0.304 e. The van der Waals surface area contributed by atoms with Crippen molar-refractivity contribution >= 4 is 5.97 Å². The molecule has 0 aromatic carbocycles. The number of hydrogen-bond donors (Lipinski definition) is 1. The van der Waals surface area contributed by atoms with Crippen molar-refractivity contribution in [2.45, 2.75) is 105 Å². The van der Waals surface area contributed by atoms with Gasteiger partial charge in [0.05, 0.1) is 31.5 Å². The van der Waals surface area contributed by atoms with Crippen LogP contribution >= 0.6 is 0 Å². The molecule has 0 unspecified atom stereocenters. The second-order valence-corrected chi connectivity index (χ2v) is 10.1. The number of carboxylic acid groups (broad SMARTS) is 1. The van der Waals surface area contributed by atoms with E-state index in [4.69, 9.17) is 0 Å². The molecule has 35 heavy (non-hydrogen) atoms. The number of hydrogen-bond acceptors (Lipinski definition) is 1. The highest BCUT2D eigenvalue weighted by Crippen LogP contribution is 2.24. The molecule has 0 saturated heterocycles. The van der Waals surface area contributed by atoms with E-state index < -0.39 is 11.4 Å². The van der Waals surface area contributed by atoms with Crippen LogP contribution in [0.1, 0.15) is 65.7 Å². The monoisotopic (exact) mass is 485 g/mol. The van der Waals surface area contributed by atoms with Crippen molar-refractivity contribution in [3.05, 3.63) is 56.2 Å². The van der Waals surface area contributed by atoms with Crippen molar-refractivity contribution in [3.63, 3.8) is 0 Å². The molecular formula is C27H45N6O2+3. The Balaban J connectivity index is 1.89. The molecule has 0 spiro atoms. The van der Waals surface area contributed by atoms with Gasteiger partial charge < -0.3 is 5.11 Å². The van der Waals surface area contributed by atoms with Crippen LogP contribution in [0, 0.1) is 5.41 Å². The minimum absolute atomic E-state index is 0.0976. The van der Waals surface area contributed by atoms with E-state index in [-0.39, 0.29) is 6.42 Å². The van der Waals surface area contributed by atoms with Crippen LogP contribution in [0.2, 0.25) is 0 Å². The van der Waals surface area contributed by atoms with E-state index in [0.29, 0.717) is 19.6 Å². The Hall–Kier alpha value is -2.90. The molecule has 8 heteroatoms. The summed E-state index contributed by atoms with van der Waals surface area (Å²) < 4.78 is 13.1. The molecule has 0 fully saturated rings. The Labute approximate surface area is 210 Å². The van der Waals surface area contributed by atoms with Gasteiger partial charge in [-0.3, -0.25) is 4.79 Å². The van der Waals surface area contributed by atoms with Crippen LogP contribution in [0.4, 0.5) is 0 Å². The van der Waals surface area contributed by atoms with E-state index in [9.17, 15) is 9.90 Å². The number of aliphatic carboxylic acids is 1. The number of nitrogens with zero attached hydrogens (tertiary/aromatic N) is 6. The first-order valence-corrected chi connectivity index (χ1v) is 13.3. The van der Waals surface area contributed by atoms with E-state index in [2.05, 4.69) is 104 Å². The molecule has 0 radical (unpaired) electrons. The molecule has 0 atom stereocenters. The molecule has 0 bridgehead atoms. The van der Waals surface area contributed by atoms with Crippen LogP contribution in [0.25, 0.3) is 0 Å². The Morgan fingerprint density at radius 3 is 1.31 bits per heavy atom. The summed E-state index contributed by atoms with van der Waals surface area (Å²) >= 11 is 0. The first-order chi connectivity index (χ1) is 16.9. The lowest BCUT2D eigenvalue weighted by atomic mass is 9.83. The zero-order valence-electron chi connectivity index (χ0n) is 21.9. The van der Waals surface area contributed by atoms with Gasteiger partial charge >= 0.3 is 5.97 Å². The summed E-state index contributed by atoms with van der Waals surface area (Å²) in [4.78, 5) is 12.2. The zero-order chi connectivity index (χ0) is 25.1. The van der Waals surface area contributed by atoms with Crippen LogP contribution in [0.15, 0.2) is 56.2 Å². The fourth-order valence-corrected chi connectivity index (χ4v) is 4.82. The number of carbonyl (C=O) groups is 1. The van der Waals surface area contributed by atoms with Crippen LogP contribution in [0.3, 0.4) is 0 Å². The summed E-state index contributed by atoms with van der Waals surface area (Å²) in [5.74, 6) is -0.756. The van der Waals surface area contributed by atoms with Crippen molar-refractivity contribution in [1.82, 2.24) is 13.7 Å². The normalized spacial score (nSPS) is 11.9.